The average Bonchev–Trinajstić information content (AvgIpc) is 3.02. The summed E-state index contributed by atoms with van der Waals surface area (Å²) in [5.74, 6) is 0. The van der Waals surface area contributed by atoms with Gasteiger partial charge in [0, 0.05) is 0 Å². The highest BCUT2D eigenvalue weighted by atomic mass is 32.3. The fourth-order valence-corrected chi connectivity index (χ4v) is 15.1. The Kier molecular flexibility index (Phi) is 4.18. The van der Waals surface area contributed by atoms with E-state index in [1.54, 1.807) is 22.7 Å². The van der Waals surface area contributed by atoms with Gasteiger partial charge in [-0.1, -0.05) is 59.3 Å². The molecular weight excluding hydrogens is 397 g/mol. The average molecular weight is 401 g/mol. The summed E-state index contributed by atoms with van der Waals surface area (Å²) in [5, 5.41) is 4.36. The van der Waals surface area contributed by atoms with Gasteiger partial charge in [0.05, 0.1) is 26.1 Å². The molecule has 0 nitrogen and oxygen atoms in total. The molecular formula is C9H4S9. The molecule has 18 heavy (non-hydrogen) atoms. The monoisotopic (exact) mass is 400 g/mol. The number of hydrogen-bond acceptors (Lipinski definition) is 9. The van der Waals surface area contributed by atoms with Crippen molar-refractivity contribution in [3.05, 3.63) is 22.4 Å². The fourth-order valence-electron chi connectivity index (χ4n) is 1.52. The van der Waals surface area contributed by atoms with Gasteiger partial charge in [0.1, 0.15) is 3.14 Å². The first-order chi connectivity index (χ1) is 8.79. The van der Waals surface area contributed by atoms with E-state index < -0.39 is 0 Å². The van der Waals surface area contributed by atoms with Gasteiger partial charge in [-0.05, 0) is 10.8 Å². The van der Waals surface area contributed by atoms with Gasteiger partial charge >= 0.3 is 0 Å². The molecule has 4 heterocycles. The molecule has 9 heteroatoms. The Morgan fingerprint density at radius 3 is 1.89 bits per heavy atom. The van der Waals surface area contributed by atoms with Gasteiger partial charge in [-0.15, -0.1) is 46.2 Å². The third-order valence-electron chi connectivity index (χ3n) is 2.21. The van der Waals surface area contributed by atoms with Crippen LogP contribution in [0, 0.1) is 3.14 Å². The summed E-state index contributed by atoms with van der Waals surface area (Å²) < 4.78 is 8.25. The van der Waals surface area contributed by atoms with E-state index in [1.165, 1.54) is 16.9 Å². The maximum Gasteiger partial charge on any atom is 0.145 e. The van der Waals surface area contributed by atoms with Crippen molar-refractivity contribution < 1.29 is 0 Å². The maximum absolute atomic E-state index is 5.30. The van der Waals surface area contributed by atoms with E-state index in [1.807, 2.05) is 70.6 Å². The lowest BCUT2D eigenvalue weighted by Gasteiger charge is -2.20. The second-order valence-electron chi connectivity index (χ2n) is 3.32. The second kappa shape index (κ2) is 5.57. The van der Waals surface area contributed by atoms with Crippen molar-refractivity contribution in [2.75, 3.05) is 0 Å². The number of hydrogen-bond donors (Lipinski definition) is 0. The fraction of sp³-hybridized carbons (Fsp3) is 0.222. The maximum atomic E-state index is 5.30. The summed E-state index contributed by atoms with van der Waals surface area (Å²) in [6.45, 7) is 0. The largest absolute Gasteiger partial charge is 0.145 e. The molecule has 2 unspecified atom stereocenters. The summed E-state index contributed by atoms with van der Waals surface area (Å²) in [6, 6.07) is 0. The van der Waals surface area contributed by atoms with Crippen LogP contribution in [0.25, 0.3) is 0 Å². The second-order valence-corrected chi connectivity index (χ2v) is 14.6. The smallest absolute Gasteiger partial charge is 0.105 e. The first-order valence-electron chi connectivity index (χ1n) is 4.83. The summed E-state index contributed by atoms with van der Waals surface area (Å²) >= 11 is 20.7. The molecule has 0 spiro atoms. The third kappa shape index (κ3) is 2.52. The predicted octanol–water partition coefficient (Wildman–Crippen LogP) is 6.95. The Labute approximate surface area is 144 Å². The van der Waals surface area contributed by atoms with Crippen LogP contribution in [-0.4, -0.2) is 9.16 Å². The van der Waals surface area contributed by atoms with Crippen molar-refractivity contribution in [3.8, 4) is 0 Å². The highest BCUT2D eigenvalue weighted by molar-refractivity contribution is 8.39. The summed E-state index contributed by atoms with van der Waals surface area (Å²) in [4.78, 5) is 0. The van der Waals surface area contributed by atoms with E-state index in [0.29, 0.717) is 9.16 Å². The Morgan fingerprint density at radius 2 is 1.33 bits per heavy atom. The van der Waals surface area contributed by atoms with Gasteiger partial charge in [0.2, 0.25) is 0 Å². The highest BCUT2D eigenvalue weighted by Crippen LogP contribution is 2.66. The molecule has 0 radical (unpaired) electrons. The van der Waals surface area contributed by atoms with E-state index in [9.17, 15) is 0 Å². The molecule has 1 saturated heterocycles. The van der Waals surface area contributed by atoms with Crippen molar-refractivity contribution in [2.24, 2.45) is 0 Å². The van der Waals surface area contributed by atoms with Crippen LogP contribution in [0.3, 0.4) is 0 Å². The van der Waals surface area contributed by atoms with Gasteiger partial charge in [-0.3, -0.25) is 0 Å². The molecule has 2 atom stereocenters. The van der Waals surface area contributed by atoms with Gasteiger partial charge in [-0.2, -0.15) is 0 Å². The van der Waals surface area contributed by atoms with Crippen LogP contribution in [0.1, 0.15) is 0 Å². The van der Waals surface area contributed by atoms with Crippen LogP contribution in [0.4, 0.5) is 0 Å². The molecule has 4 rings (SSSR count). The van der Waals surface area contributed by atoms with Crippen LogP contribution < -0.4 is 0 Å². The SMILES string of the molecule is S=c1sc2c(s1)SC1SC(=C3SC=CS3)SC1S2. The topological polar surface area (TPSA) is 0 Å². The molecule has 1 aromatic rings. The molecule has 1 fully saturated rings. The number of thioether (sulfide) groups is 6. The minimum atomic E-state index is 0.650. The Hall–Kier alpha value is 1.85. The van der Waals surface area contributed by atoms with Crippen molar-refractivity contribution in [1.82, 2.24) is 0 Å². The zero-order valence-electron chi connectivity index (χ0n) is 8.48. The van der Waals surface area contributed by atoms with Crippen molar-refractivity contribution in [1.29, 1.82) is 0 Å². The zero-order chi connectivity index (χ0) is 12.1. The first-order valence-corrected chi connectivity index (χ1v) is 12.1. The van der Waals surface area contributed by atoms with Gasteiger partial charge in [0.25, 0.3) is 0 Å². The van der Waals surface area contributed by atoms with Gasteiger partial charge < -0.3 is 0 Å². The molecule has 0 N–H and O–H groups in total. The normalized spacial score (nSPS) is 29.8. The molecule has 94 valence electrons. The molecule has 0 amide bonds. The standard InChI is InChI=1S/C9H4S9/c10-9-17-7-8(18-9)16-6-5(15-7)13-4(14-6)3-11-1-2-12-3/h1-2,5-6H. The summed E-state index contributed by atoms with van der Waals surface area (Å²) in [5.41, 5.74) is 0. The lowest BCUT2D eigenvalue weighted by molar-refractivity contribution is 1.32. The Bertz CT molecular complexity index is 559. The number of fused-ring (bicyclic) bond motifs is 2. The molecule has 3 aliphatic rings. The molecule has 0 aromatic carbocycles. The minimum Gasteiger partial charge on any atom is -0.105 e. The van der Waals surface area contributed by atoms with Crippen LogP contribution in [0.5, 0.6) is 0 Å². The van der Waals surface area contributed by atoms with E-state index in [4.69, 9.17) is 12.2 Å². The van der Waals surface area contributed by atoms with E-state index in [0.717, 1.165) is 3.14 Å². The molecule has 0 aliphatic carbocycles. The van der Waals surface area contributed by atoms with E-state index in [2.05, 4.69) is 10.8 Å². The van der Waals surface area contributed by atoms with Crippen molar-refractivity contribution >= 4 is 105 Å². The van der Waals surface area contributed by atoms with E-state index >= 15 is 0 Å². The van der Waals surface area contributed by atoms with Crippen LogP contribution in [0.2, 0.25) is 0 Å². The lowest BCUT2D eigenvalue weighted by Crippen LogP contribution is -2.09. The predicted molar refractivity (Wildman–Crippen MR) is 98.8 cm³/mol. The van der Waals surface area contributed by atoms with E-state index in [-0.39, 0.29) is 0 Å². The van der Waals surface area contributed by atoms with Crippen molar-refractivity contribution in [3.63, 3.8) is 0 Å². The first kappa shape index (κ1) is 13.5. The summed E-state index contributed by atoms with van der Waals surface area (Å²) in [7, 11) is 0. The molecule has 1 aromatic heterocycles. The quantitative estimate of drug-likeness (QED) is 0.427. The highest BCUT2D eigenvalue weighted by Gasteiger charge is 2.40. The number of rotatable bonds is 0. The van der Waals surface area contributed by atoms with Crippen LogP contribution >= 0.6 is 105 Å². The molecule has 0 saturated carbocycles. The third-order valence-corrected chi connectivity index (χ3v) is 14.7. The summed E-state index contributed by atoms with van der Waals surface area (Å²) in [6.07, 6.45) is 0. The van der Waals surface area contributed by atoms with Crippen LogP contribution in [-0.2, 0) is 0 Å². The zero-order valence-corrected chi connectivity index (χ0v) is 15.8. The van der Waals surface area contributed by atoms with Crippen LogP contribution in [0.15, 0.2) is 27.7 Å². The van der Waals surface area contributed by atoms with Gasteiger partial charge in [0.15, 0.2) is 0 Å². The van der Waals surface area contributed by atoms with Gasteiger partial charge in [-0.25, -0.2) is 0 Å². The lowest BCUT2D eigenvalue weighted by atomic mass is 10.9. The molecule has 3 aliphatic heterocycles. The molecule has 0 bridgehead atoms. The minimum absolute atomic E-state index is 0.650. The Morgan fingerprint density at radius 1 is 0.778 bits per heavy atom. The Balaban J connectivity index is 1.61. The van der Waals surface area contributed by atoms with Crippen molar-refractivity contribution in [2.45, 2.75) is 17.6 Å².